The number of aliphatic hydroxyl groups is 1. The third kappa shape index (κ3) is 2.25. The van der Waals surface area contributed by atoms with Gasteiger partial charge in [0.2, 0.25) is 0 Å². The fourth-order valence-electron chi connectivity index (χ4n) is 2.14. The van der Waals surface area contributed by atoms with Crippen molar-refractivity contribution in [2.45, 2.75) is 44.8 Å². The van der Waals surface area contributed by atoms with Crippen molar-refractivity contribution in [3.05, 3.63) is 0 Å². The topological polar surface area (TPSA) is 49.8 Å². The second-order valence-corrected chi connectivity index (χ2v) is 5.70. The predicted octanol–water partition coefficient (Wildman–Crippen LogP) is 1.38. The van der Waals surface area contributed by atoms with E-state index in [1.807, 2.05) is 20.8 Å². The van der Waals surface area contributed by atoms with Gasteiger partial charge in [0.1, 0.15) is 5.60 Å². The van der Waals surface area contributed by atoms with Gasteiger partial charge in [-0.05, 0) is 39.5 Å². The van der Waals surface area contributed by atoms with Gasteiger partial charge in [0.05, 0.1) is 12.1 Å². The highest BCUT2D eigenvalue weighted by molar-refractivity contribution is 5.68. The van der Waals surface area contributed by atoms with Gasteiger partial charge in [0, 0.05) is 6.54 Å². The van der Waals surface area contributed by atoms with Crippen molar-refractivity contribution < 1.29 is 14.6 Å². The van der Waals surface area contributed by atoms with Crippen molar-refractivity contribution in [1.82, 2.24) is 4.90 Å². The molecule has 0 aromatic heterocycles. The van der Waals surface area contributed by atoms with Crippen LogP contribution in [0.4, 0.5) is 4.79 Å². The van der Waals surface area contributed by atoms with Crippen LogP contribution in [0.1, 0.15) is 33.6 Å². The molecule has 1 aliphatic carbocycles. The largest absolute Gasteiger partial charge is 0.444 e. The summed E-state index contributed by atoms with van der Waals surface area (Å²) in [5, 5.41) is 9.92. The average Bonchev–Trinajstić information content (AvgIpc) is 2.71. The Morgan fingerprint density at radius 2 is 2.20 bits per heavy atom. The molecule has 1 amide bonds. The number of β-amino-alcohol motifs (C(OH)–C–C–N with tert-alkyl or cyclic N) is 1. The number of hydrogen-bond donors (Lipinski definition) is 1. The smallest absolute Gasteiger partial charge is 0.410 e. The first-order chi connectivity index (χ1) is 6.80. The van der Waals surface area contributed by atoms with E-state index in [1.54, 1.807) is 4.90 Å². The van der Waals surface area contributed by atoms with Gasteiger partial charge < -0.3 is 14.7 Å². The van der Waals surface area contributed by atoms with Crippen molar-refractivity contribution in [1.29, 1.82) is 0 Å². The summed E-state index contributed by atoms with van der Waals surface area (Å²) in [4.78, 5) is 13.3. The number of carbonyl (C=O) groups excluding carboxylic acids is 1. The van der Waals surface area contributed by atoms with E-state index < -0.39 is 11.2 Å². The predicted molar refractivity (Wildman–Crippen MR) is 55.5 cm³/mol. The normalized spacial score (nSPS) is 34.7. The summed E-state index contributed by atoms with van der Waals surface area (Å²) in [7, 11) is 0. The van der Waals surface area contributed by atoms with Gasteiger partial charge in [-0.15, -0.1) is 0 Å². The highest BCUT2D eigenvalue weighted by atomic mass is 16.6. The molecule has 2 fully saturated rings. The lowest BCUT2D eigenvalue weighted by Gasteiger charge is -2.32. The van der Waals surface area contributed by atoms with E-state index in [9.17, 15) is 9.90 Å². The van der Waals surface area contributed by atoms with E-state index in [4.69, 9.17) is 4.74 Å². The zero-order valence-electron chi connectivity index (χ0n) is 9.62. The summed E-state index contributed by atoms with van der Waals surface area (Å²) in [6.45, 7) is 6.70. The van der Waals surface area contributed by atoms with E-state index in [1.165, 1.54) is 0 Å². The van der Waals surface area contributed by atoms with Crippen LogP contribution in [0.2, 0.25) is 0 Å². The van der Waals surface area contributed by atoms with Gasteiger partial charge in [0.25, 0.3) is 0 Å². The van der Waals surface area contributed by atoms with Crippen LogP contribution in [0, 0.1) is 5.92 Å². The minimum atomic E-state index is -0.602. The fraction of sp³-hybridized carbons (Fsp3) is 0.909. The monoisotopic (exact) mass is 213 g/mol. The van der Waals surface area contributed by atoms with Crippen LogP contribution in [-0.2, 0) is 4.74 Å². The molecular formula is C11H19NO3. The number of hydrogen-bond acceptors (Lipinski definition) is 3. The van der Waals surface area contributed by atoms with Crippen LogP contribution in [-0.4, -0.2) is 40.4 Å². The lowest BCUT2D eigenvalue weighted by atomic mass is 10.1. The van der Waals surface area contributed by atoms with E-state index >= 15 is 0 Å². The number of fused-ring (bicyclic) bond motifs is 1. The van der Waals surface area contributed by atoms with Crippen molar-refractivity contribution in [3.8, 4) is 0 Å². The molecule has 4 nitrogen and oxygen atoms in total. The first-order valence-corrected chi connectivity index (χ1v) is 5.50. The lowest BCUT2D eigenvalue weighted by Crippen LogP contribution is -2.45. The highest BCUT2D eigenvalue weighted by Gasteiger charge is 2.56. The molecule has 15 heavy (non-hydrogen) atoms. The van der Waals surface area contributed by atoms with Crippen LogP contribution < -0.4 is 0 Å². The number of likely N-dealkylation sites (tertiary alicyclic amines) is 1. The molecule has 0 radical (unpaired) electrons. The maximum Gasteiger partial charge on any atom is 0.410 e. The first kappa shape index (κ1) is 10.7. The number of ether oxygens (including phenoxy) is 1. The molecule has 4 heteroatoms. The number of piperidine rings is 1. The summed E-state index contributed by atoms with van der Waals surface area (Å²) >= 11 is 0. The van der Waals surface area contributed by atoms with Crippen LogP contribution >= 0.6 is 0 Å². The van der Waals surface area contributed by atoms with Crippen molar-refractivity contribution in [3.63, 3.8) is 0 Å². The summed E-state index contributed by atoms with van der Waals surface area (Å²) in [5.41, 5.74) is -1.06. The van der Waals surface area contributed by atoms with Gasteiger partial charge in [-0.2, -0.15) is 0 Å². The third-order valence-electron chi connectivity index (χ3n) is 3.06. The number of nitrogens with zero attached hydrogens (tertiary/aromatic N) is 1. The van der Waals surface area contributed by atoms with E-state index in [-0.39, 0.29) is 6.09 Å². The van der Waals surface area contributed by atoms with E-state index in [0.29, 0.717) is 19.0 Å². The molecule has 2 atom stereocenters. The van der Waals surface area contributed by atoms with Crippen molar-refractivity contribution >= 4 is 6.09 Å². The maximum absolute atomic E-state index is 11.7. The standard InChI is InChI=1S/C11H19NO3/c1-10(2,3)15-9(13)12-5-4-8-6-11(8,14)7-12/h8,14H,4-7H2,1-3H3. The maximum atomic E-state index is 11.7. The summed E-state index contributed by atoms with van der Waals surface area (Å²) in [6, 6.07) is 0. The Morgan fingerprint density at radius 3 is 2.73 bits per heavy atom. The molecule has 0 aromatic rings. The van der Waals surface area contributed by atoms with Crippen LogP contribution in [0.5, 0.6) is 0 Å². The number of carbonyl (C=O) groups is 1. The second kappa shape index (κ2) is 3.11. The Balaban J connectivity index is 1.91. The summed E-state index contributed by atoms with van der Waals surface area (Å²) in [6.07, 6.45) is 1.43. The Bertz CT molecular complexity index is 284. The van der Waals surface area contributed by atoms with Crippen LogP contribution in [0.3, 0.4) is 0 Å². The Morgan fingerprint density at radius 1 is 1.53 bits per heavy atom. The SMILES string of the molecule is CC(C)(C)OC(=O)N1CCC2CC2(O)C1. The second-order valence-electron chi connectivity index (χ2n) is 5.70. The number of amides is 1. The van der Waals surface area contributed by atoms with Crippen LogP contribution in [0.15, 0.2) is 0 Å². The summed E-state index contributed by atoms with van der Waals surface area (Å²) < 4.78 is 5.26. The first-order valence-electron chi connectivity index (χ1n) is 5.50. The molecule has 1 saturated heterocycles. The van der Waals surface area contributed by atoms with Gasteiger partial charge in [-0.3, -0.25) is 0 Å². The van der Waals surface area contributed by atoms with Gasteiger partial charge in [0.15, 0.2) is 0 Å². The average molecular weight is 213 g/mol. The van der Waals surface area contributed by atoms with Gasteiger partial charge in [-0.25, -0.2) is 4.79 Å². The Labute approximate surface area is 90.2 Å². The van der Waals surface area contributed by atoms with E-state index in [2.05, 4.69) is 0 Å². The molecule has 2 unspecified atom stereocenters. The molecule has 0 aromatic carbocycles. The third-order valence-corrected chi connectivity index (χ3v) is 3.06. The molecular weight excluding hydrogens is 194 g/mol. The minimum absolute atomic E-state index is 0.304. The Hall–Kier alpha value is -0.770. The molecule has 1 N–H and O–H groups in total. The number of rotatable bonds is 0. The lowest BCUT2D eigenvalue weighted by molar-refractivity contribution is -0.00159. The zero-order valence-corrected chi connectivity index (χ0v) is 9.62. The molecule has 1 saturated carbocycles. The van der Waals surface area contributed by atoms with Gasteiger partial charge >= 0.3 is 6.09 Å². The minimum Gasteiger partial charge on any atom is -0.444 e. The molecule has 2 aliphatic rings. The van der Waals surface area contributed by atoms with Gasteiger partial charge in [-0.1, -0.05) is 0 Å². The molecule has 1 aliphatic heterocycles. The van der Waals surface area contributed by atoms with E-state index in [0.717, 1.165) is 12.8 Å². The Kier molecular flexibility index (Phi) is 2.23. The fourth-order valence-corrected chi connectivity index (χ4v) is 2.14. The van der Waals surface area contributed by atoms with Crippen molar-refractivity contribution in [2.75, 3.05) is 13.1 Å². The molecule has 0 spiro atoms. The highest BCUT2D eigenvalue weighted by Crippen LogP contribution is 2.49. The summed E-state index contributed by atoms with van der Waals surface area (Å²) in [5.74, 6) is 0.413. The van der Waals surface area contributed by atoms with Crippen LogP contribution in [0.25, 0.3) is 0 Å². The molecule has 86 valence electrons. The molecule has 0 bridgehead atoms. The quantitative estimate of drug-likeness (QED) is 0.661. The zero-order chi connectivity index (χ0) is 11.3. The molecule has 2 rings (SSSR count). The van der Waals surface area contributed by atoms with Crippen molar-refractivity contribution in [2.24, 2.45) is 5.92 Å². The molecule has 1 heterocycles.